The van der Waals surface area contributed by atoms with Gasteiger partial charge in [-0.3, -0.25) is 9.79 Å². The van der Waals surface area contributed by atoms with Gasteiger partial charge < -0.3 is 20.3 Å². The van der Waals surface area contributed by atoms with E-state index in [2.05, 4.69) is 46.1 Å². The molecule has 1 aromatic carbocycles. The van der Waals surface area contributed by atoms with Gasteiger partial charge in [0.2, 0.25) is 0 Å². The molecule has 7 heteroatoms. The van der Waals surface area contributed by atoms with Gasteiger partial charge in [-0.05, 0) is 30.5 Å². The van der Waals surface area contributed by atoms with Crippen LogP contribution in [0.5, 0.6) is 5.75 Å². The third-order valence-corrected chi connectivity index (χ3v) is 5.98. The molecule has 1 amide bonds. The van der Waals surface area contributed by atoms with Crippen molar-refractivity contribution in [2.45, 2.75) is 32.6 Å². The number of nitrogens with one attached hydrogen (secondary N) is 2. The van der Waals surface area contributed by atoms with Crippen LogP contribution in [0.25, 0.3) is 0 Å². The van der Waals surface area contributed by atoms with E-state index in [0.29, 0.717) is 30.0 Å². The number of carbonyl (C=O) groups is 1. The zero-order valence-corrected chi connectivity index (χ0v) is 17.6. The minimum Gasteiger partial charge on any atom is -0.484 e. The number of hydrogen-bond donors (Lipinski definition) is 2. The lowest BCUT2D eigenvalue weighted by molar-refractivity contribution is -0.122. The van der Waals surface area contributed by atoms with Gasteiger partial charge in [0.05, 0.1) is 0 Å². The second-order valence-corrected chi connectivity index (χ2v) is 8.24. The summed E-state index contributed by atoms with van der Waals surface area (Å²) < 4.78 is 5.57. The van der Waals surface area contributed by atoms with E-state index in [1.54, 1.807) is 0 Å². The molecule has 1 aliphatic rings. The molecule has 1 saturated heterocycles. The summed E-state index contributed by atoms with van der Waals surface area (Å²) in [4.78, 5) is 18.3. The van der Waals surface area contributed by atoms with Crippen molar-refractivity contribution in [3.8, 4) is 5.75 Å². The van der Waals surface area contributed by atoms with Crippen LogP contribution in [0.2, 0.25) is 0 Å². The lowest BCUT2D eigenvalue weighted by Crippen LogP contribution is -2.48. The number of ether oxygens (including phenoxy) is 1. The van der Waals surface area contributed by atoms with E-state index >= 15 is 0 Å². The molecule has 0 saturated carbocycles. The third-order valence-electron chi connectivity index (χ3n) is 4.44. The molecular formula is C20H32N4O2S. The number of likely N-dealkylation sites (N-methyl/N-ethyl adjacent to an activating group) is 1. The first kappa shape index (κ1) is 21.4. The summed E-state index contributed by atoms with van der Waals surface area (Å²) in [5.74, 6) is 3.32. The number of nitrogens with zero attached hydrogens (tertiary/aromatic N) is 2. The molecule has 0 spiro atoms. The monoisotopic (exact) mass is 392 g/mol. The van der Waals surface area contributed by atoms with Crippen LogP contribution in [-0.4, -0.2) is 61.1 Å². The van der Waals surface area contributed by atoms with Crippen LogP contribution in [0.4, 0.5) is 0 Å². The fourth-order valence-electron chi connectivity index (χ4n) is 2.93. The van der Waals surface area contributed by atoms with Gasteiger partial charge in [0.15, 0.2) is 12.6 Å². The fourth-order valence-corrected chi connectivity index (χ4v) is 4.23. The number of aliphatic imine (C=N–C) groups is 1. The van der Waals surface area contributed by atoms with E-state index in [9.17, 15) is 4.79 Å². The van der Waals surface area contributed by atoms with Crippen LogP contribution in [0, 0.1) is 5.92 Å². The number of guanidine groups is 1. The Morgan fingerprint density at radius 3 is 2.93 bits per heavy atom. The van der Waals surface area contributed by atoms with Gasteiger partial charge in [-0.2, -0.15) is 11.8 Å². The lowest BCUT2D eigenvalue weighted by Gasteiger charge is -2.36. The number of benzene rings is 1. The Kier molecular flexibility index (Phi) is 8.78. The predicted molar refractivity (Wildman–Crippen MR) is 113 cm³/mol. The molecule has 1 aromatic rings. The van der Waals surface area contributed by atoms with Crippen LogP contribution in [0.1, 0.15) is 26.3 Å². The molecule has 2 N–H and O–H groups in total. The van der Waals surface area contributed by atoms with Crippen LogP contribution >= 0.6 is 11.8 Å². The van der Waals surface area contributed by atoms with Crippen molar-refractivity contribution in [3.05, 3.63) is 29.8 Å². The van der Waals surface area contributed by atoms with Crippen molar-refractivity contribution in [3.63, 3.8) is 0 Å². The minimum absolute atomic E-state index is 0.0361. The van der Waals surface area contributed by atoms with Crippen molar-refractivity contribution in [1.29, 1.82) is 0 Å². The number of thioether (sulfide) groups is 1. The zero-order valence-electron chi connectivity index (χ0n) is 16.8. The highest BCUT2D eigenvalue weighted by molar-refractivity contribution is 8.00. The summed E-state index contributed by atoms with van der Waals surface area (Å²) in [5, 5.41) is 6.83. The number of hydrogen-bond acceptors (Lipinski definition) is 4. The first-order chi connectivity index (χ1) is 13.0. The van der Waals surface area contributed by atoms with Crippen molar-refractivity contribution in [2.24, 2.45) is 10.9 Å². The van der Waals surface area contributed by atoms with Crippen LogP contribution < -0.4 is 15.4 Å². The summed E-state index contributed by atoms with van der Waals surface area (Å²) in [7, 11) is 1.83. The third kappa shape index (κ3) is 6.97. The Morgan fingerprint density at radius 2 is 2.22 bits per heavy atom. The molecule has 27 heavy (non-hydrogen) atoms. The summed E-state index contributed by atoms with van der Waals surface area (Å²) in [5.41, 5.74) is 1.09. The largest absolute Gasteiger partial charge is 0.484 e. The average molecular weight is 393 g/mol. The lowest BCUT2D eigenvalue weighted by atomic mass is 10.1. The molecule has 6 nitrogen and oxygen atoms in total. The molecule has 2 rings (SSSR count). The van der Waals surface area contributed by atoms with Crippen molar-refractivity contribution in [2.75, 3.05) is 39.0 Å². The number of amides is 1. The smallest absolute Gasteiger partial charge is 0.257 e. The van der Waals surface area contributed by atoms with E-state index < -0.39 is 0 Å². The van der Waals surface area contributed by atoms with Crippen molar-refractivity contribution in [1.82, 2.24) is 15.5 Å². The van der Waals surface area contributed by atoms with E-state index in [-0.39, 0.29) is 12.5 Å². The molecule has 1 unspecified atom stereocenters. The SMILES string of the molecule is CCNC(=O)COc1cccc(CNC(=NC)N2CCSC(C(C)C)C2)c1. The fraction of sp³-hybridized carbons (Fsp3) is 0.600. The van der Waals surface area contributed by atoms with Crippen molar-refractivity contribution < 1.29 is 9.53 Å². The first-order valence-corrected chi connectivity index (χ1v) is 10.6. The molecule has 1 fully saturated rings. The molecule has 1 heterocycles. The molecular weight excluding hydrogens is 360 g/mol. The second kappa shape index (κ2) is 11.1. The molecule has 0 aromatic heterocycles. The summed E-state index contributed by atoms with van der Waals surface area (Å²) in [6.07, 6.45) is 0. The maximum absolute atomic E-state index is 11.5. The van der Waals surface area contributed by atoms with E-state index in [0.717, 1.165) is 30.4 Å². The summed E-state index contributed by atoms with van der Waals surface area (Å²) in [6, 6.07) is 7.82. The molecule has 0 aliphatic carbocycles. The quantitative estimate of drug-likeness (QED) is 0.551. The molecule has 150 valence electrons. The standard InChI is InChI=1S/C20H32N4O2S/c1-5-22-19(25)14-26-17-8-6-7-16(11-17)12-23-20(21-4)24-9-10-27-18(13-24)15(2)3/h6-8,11,15,18H,5,9-10,12-14H2,1-4H3,(H,21,23)(H,22,25). The Hall–Kier alpha value is -1.89. The number of carbonyl (C=O) groups excluding carboxylic acids is 1. The Labute approximate surface area is 167 Å². The minimum atomic E-state index is -0.107. The molecule has 1 aliphatic heterocycles. The van der Waals surface area contributed by atoms with Crippen molar-refractivity contribution >= 4 is 23.6 Å². The van der Waals surface area contributed by atoms with Gasteiger partial charge in [0, 0.05) is 44.2 Å². The Bertz CT molecular complexity index is 636. The highest BCUT2D eigenvalue weighted by Crippen LogP contribution is 2.25. The topological polar surface area (TPSA) is 66.0 Å². The van der Waals surface area contributed by atoms with E-state index in [1.807, 2.05) is 38.2 Å². The molecule has 0 bridgehead atoms. The van der Waals surface area contributed by atoms with E-state index in [4.69, 9.17) is 4.74 Å². The van der Waals surface area contributed by atoms with Gasteiger partial charge in [0.1, 0.15) is 5.75 Å². The van der Waals surface area contributed by atoms with Crippen LogP contribution in [-0.2, 0) is 11.3 Å². The van der Waals surface area contributed by atoms with Gasteiger partial charge in [-0.1, -0.05) is 26.0 Å². The summed E-state index contributed by atoms with van der Waals surface area (Å²) >= 11 is 2.06. The highest BCUT2D eigenvalue weighted by atomic mass is 32.2. The Morgan fingerprint density at radius 1 is 1.41 bits per heavy atom. The van der Waals surface area contributed by atoms with Gasteiger partial charge >= 0.3 is 0 Å². The highest BCUT2D eigenvalue weighted by Gasteiger charge is 2.24. The van der Waals surface area contributed by atoms with Crippen LogP contribution in [0.3, 0.4) is 0 Å². The molecule has 0 radical (unpaired) electrons. The van der Waals surface area contributed by atoms with Crippen LogP contribution in [0.15, 0.2) is 29.3 Å². The zero-order chi connectivity index (χ0) is 19.6. The van der Waals surface area contributed by atoms with Gasteiger partial charge in [-0.25, -0.2) is 0 Å². The van der Waals surface area contributed by atoms with Gasteiger partial charge in [0.25, 0.3) is 5.91 Å². The number of rotatable bonds is 7. The average Bonchev–Trinajstić information content (AvgIpc) is 2.68. The Balaban J connectivity index is 1.89. The first-order valence-electron chi connectivity index (χ1n) is 9.59. The maximum Gasteiger partial charge on any atom is 0.257 e. The predicted octanol–water partition coefficient (Wildman–Crippen LogP) is 2.35. The molecule has 1 atom stereocenters. The second-order valence-electron chi connectivity index (χ2n) is 6.89. The normalized spacial score (nSPS) is 17.7. The van der Waals surface area contributed by atoms with E-state index in [1.165, 1.54) is 0 Å². The summed E-state index contributed by atoms with van der Waals surface area (Å²) in [6.45, 7) is 9.81. The van der Waals surface area contributed by atoms with Gasteiger partial charge in [-0.15, -0.1) is 0 Å². The maximum atomic E-state index is 11.5.